The molecular formula is C18H23N3O. The molecule has 3 rings (SSSR count). The Balaban J connectivity index is 1.84. The molecule has 0 aromatic carbocycles. The monoisotopic (exact) mass is 297 g/mol. The highest BCUT2D eigenvalue weighted by molar-refractivity contribution is 5.41. The fraction of sp³-hybridized carbons (Fsp3) is 0.444. The van der Waals surface area contributed by atoms with Gasteiger partial charge < -0.3 is 4.74 Å². The van der Waals surface area contributed by atoms with E-state index in [1.807, 2.05) is 25.4 Å². The number of nitrogens with zero attached hydrogens (tertiary/aromatic N) is 3. The Morgan fingerprint density at radius 3 is 2.86 bits per heavy atom. The number of ether oxygens (including phenoxy) is 1. The molecule has 0 saturated carbocycles. The molecule has 1 saturated heterocycles. The number of aryl methyl sites for hydroxylation is 1. The molecule has 0 amide bonds. The lowest BCUT2D eigenvalue weighted by atomic mass is 10.1. The van der Waals surface area contributed by atoms with Crippen molar-refractivity contribution in [3.8, 4) is 5.75 Å². The van der Waals surface area contributed by atoms with Gasteiger partial charge in [-0.3, -0.25) is 14.9 Å². The smallest absolute Gasteiger partial charge is 0.128 e. The molecule has 1 aliphatic heterocycles. The van der Waals surface area contributed by atoms with Crippen LogP contribution in [0.1, 0.15) is 41.4 Å². The number of likely N-dealkylation sites (tertiary alicyclic amines) is 1. The topological polar surface area (TPSA) is 38.2 Å². The van der Waals surface area contributed by atoms with Gasteiger partial charge in [0.15, 0.2) is 0 Å². The van der Waals surface area contributed by atoms with E-state index >= 15 is 0 Å². The lowest BCUT2D eigenvalue weighted by molar-refractivity contribution is 0.240. The first-order valence-corrected chi connectivity index (χ1v) is 7.84. The van der Waals surface area contributed by atoms with Gasteiger partial charge in [0.05, 0.1) is 24.5 Å². The molecule has 2 aromatic heterocycles. The first kappa shape index (κ1) is 15.0. The van der Waals surface area contributed by atoms with E-state index < -0.39 is 0 Å². The molecule has 0 radical (unpaired) electrons. The molecule has 1 atom stereocenters. The molecule has 116 valence electrons. The van der Waals surface area contributed by atoms with E-state index in [2.05, 4.69) is 33.9 Å². The van der Waals surface area contributed by atoms with Crippen molar-refractivity contribution in [3.63, 3.8) is 0 Å². The van der Waals surface area contributed by atoms with Gasteiger partial charge in [0.25, 0.3) is 0 Å². The highest BCUT2D eigenvalue weighted by Crippen LogP contribution is 2.33. The van der Waals surface area contributed by atoms with Gasteiger partial charge in [-0.25, -0.2) is 0 Å². The summed E-state index contributed by atoms with van der Waals surface area (Å²) in [5.41, 5.74) is 4.50. The van der Waals surface area contributed by atoms with Crippen molar-refractivity contribution in [2.24, 2.45) is 0 Å². The third-order valence-electron chi connectivity index (χ3n) is 4.50. The van der Waals surface area contributed by atoms with Crippen molar-refractivity contribution in [1.82, 2.24) is 14.9 Å². The second-order valence-corrected chi connectivity index (χ2v) is 5.93. The predicted octanol–water partition coefficient (Wildman–Crippen LogP) is 3.44. The Morgan fingerprint density at radius 2 is 2.14 bits per heavy atom. The summed E-state index contributed by atoms with van der Waals surface area (Å²) in [4.78, 5) is 11.7. The second-order valence-electron chi connectivity index (χ2n) is 5.93. The highest BCUT2D eigenvalue weighted by atomic mass is 16.5. The second kappa shape index (κ2) is 6.44. The van der Waals surface area contributed by atoms with E-state index in [-0.39, 0.29) is 0 Å². The van der Waals surface area contributed by atoms with Gasteiger partial charge in [-0.1, -0.05) is 6.07 Å². The number of rotatable bonds is 4. The zero-order chi connectivity index (χ0) is 15.5. The molecule has 1 fully saturated rings. The summed E-state index contributed by atoms with van der Waals surface area (Å²) in [5, 5.41) is 0. The van der Waals surface area contributed by atoms with Crippen LogP contribution in [-0.4, -0.2) is 28.5 Å². The maximum Gasteiger partial charge on any atom is 0.128 e. The Kier molecular flexibility index (Phi) is 4.39. The largest absolute Gasteiger partial charge is 0.496 e. The summed E-state index contributed by atoms with van der Waals surface area (Å²) in [6.45, 7) is 6.08. The summed E-state index contributed by atoms with van der Waals surface area (Å²) in [6, 6.07) is 6.56. The molecule has 22 heavy (non-hydrogen) atoms. The van der Waals surface area contributed by atoms with E-state index in [1.54, 1.807) is 7.11 Å². The van der Waals surface area contributed by atoms with E-state index in [9.17, 15) is 0 Å². The van der Waals surface area contributed by atoms with Crippen molar-refractivity contribution >= 4 is 0 Å². The molecule has 4 heteroatoms. The van der Waals surface area contributed by atoms with E-state index in [0.29, 0.717) is 6.04 Å². The van der Waals surface area contributed by atoms with Crippen LogP contribution in [0.2, 0.25) is 0 Å². The molecule has 3 heterocycles. The Bertz CT molecular complexity index is 642. The predicted molar refractivity (Wildman–Crippen MR) is 86.9 cm³/mol. The third kappa shape index (κ3) is 2.83. The Morgan fingerprint density at radius 1 is 1.27 bits per heavy atom. The van der Waals surface area contributed by atoms with Crippen LogP contribution < -0.4 is 4.74 Å². The minimum Gasteiger partial charge on any atom is -0.496 e. The van der Waals surface area contributed by atoms with Gasteiger partial charge in [0, 0.05) is 30.1 Å². The number of aromatic nitrogens is 2. The fourth-order valence-corrected chi connectivity index (χ4v) is 3.35. The first-order chi connectivity index (χ1) is 10.7. The lowest BCUT2D eigenvalue weighted by Gasteiger charge is -2.24. The number of pyridine rings is 2. The molecular weight excluding hydrogens is 274 g/mol. The van der Waals surface area contributed by atoms with Gasteiger partial charge in [-0.2, -0.15) is 0 Å². The van der Waals surface area contributed by atoms with Crippen LogP contribution in [0.15, 0.2) is 30.6 Å². The molecule has 4 nitrogen and oxygen atoms in total. The average molecular weight is 297 g/mol. The van der Waals surface area contributed by atoms with Crippen molar-refractivity contribution in [1.29, 1.82) is 0 Å². The fourth-order valence-electron chi connectivity index (χ4n) is 3.35. The maximum absolute atomic E-state index is 5.52. The van der Waals surface area contributed by atoms with Crippen molar-refractivity contribution in [2.45, 2.75) is 39.3 Å². The molecule has 1 aliphatic rings. The number of hydrogen-bond acceptors (Lipinski definition) is 4. The van der Waals surface area contributed by atoms with Crippen LogP contribution in [0.5, 0.6) is 5.75 Å². The highest BCUT2D eigenvalue weighted by Gasteiger charge is 2.27. The van der Waals surface area contributed by atoms with Crippen LogP contribution in [-0.2, 0) is 6.54 Å². The Hall–Kier alpha value is -1.94. The van der Waals surface area contributed by atoms with E-state index in [1.165, 1.54) is 12.8 Å². The molecule has 0 unspecified atom stereocenters. The average Bonchev–Trinajstić information content (AvgIpc) is 3.00. The minimum absolute atomic E-state index is 0.398. The molecule has 2 aromatic rings. The zero-order valence-electron chi connectivity index (χ0n) is 13.5. The molecule has 0 aliphatic carbocycles. The van der Waals surface area contributed by atoms with E-state index in [4.69, 9.17) is 4.74 Å². The summed E-state index contributed by atoms with van der Waals surface area (Å²) in [5.74, 6) is 0.957. The zero-order valence-corrected chi connectivity index (χ0v) is 13.5. The summed E-state index contributed by atoms with van der Waals surface area (Å²) < 4.78 is 5.52. The molecule has 0 N–H and O–H groups in total. The minimum atomic E-state index is 0.398. The van der Waals surface area contributed by atoms with Crippen molar-refractivity contribution < 1.29 is 4.74 Å². The first-order valence-electron chi connectivity index (χ1n) is 7.84. The van der Waals surface area contributed by atoms with Crippen molar-refractivity contribution in [2.75, 3.05) is 13.7 Å². The molecule has 0 spiro atoms. The lowest BCUT2D eigenvalue weighted by Crippen LogP contribution is -2.24. The van der Waals surface area contributed by atoms with Crippen LogP contribution >= 0.6 is 0 Å². The van der Waals surface area contributed by atoms with Gasteiger partial charge >= 0.3 is 0 Å². The Labute approximate surface area is 132 Å². The number of hydrogen-bond donors (Lipinski definition) is 0. The molecule has 0 bridgehead atoms. The van der Waals surface area contributed by atoms with Crippen LogP contribution in [0, 0.1) is 13.8 Å². The van der Waals surface area contributed by atoms with Crippen LogP contribution in [0.3, 0.4) is 0 Å². The quantitative estimate of drug-likeness (QED) is 0.866. The normalized spacial score (nSPS) is 18.6. The van der Waals surface area contributed by atoms with Crippen LogP contribution in [0.25, 0.3) is 0 Å². The van der Waals surface area contributed by atoms with Gasteiger partial charge in [0.1, 0.15) is 5.75 Å². The van der Waals surface area contributed by atoms with E-state index in [0.717, 1.165) is 41.4 Å². The maximum atomic E-state index is 5.52. The summed E-state index contributed by atoms with van der Waals surface area (Å²) >= 11 is 0. The number of methoxy groups -OCH3 is 1. The van der Waals surface area contributed by atoms with Crippen molar-refractivity contribution in [3.05, 3.63) is 53.1 Å². The third-order valence-corrected chi connectivity index (χ3v) is 4.50. The van der Waals surface area contributed by atoms with Crippen LogP contribution in [0.4, 0.5) is 0 Å². The van der Waals surface area contributed by atoms with Gasteiger partial charge in [-0.05, 0) is 45.4 Å². The summed E-state index contributed by atoms with van der Waals surface area (Å²) in [6.07, 6.45) is 6.17. The van der Waals surface area contributed by atoms with Gasteiger partial charge in [0.2, 0.25) is 0 Å². The summed E-state index contributed by atoms with van der Waals surface area (Å²) in [7, 11) is 1.73. The SMILES string of the molecule is COc1c(C)cnc(CN2CCC[C@H]2c2ccccn2)c1C. The van der Waals surface area contributed by atoms with Gasteiger partial charge in [-0.15, -0.1) is 0 Å². The standard InChI is InChI=1S/C18H23N3O/c1-13-11-20-16(14(2)18(13)22-3)12-21-10-6-8-17(21)15-7-4-5-9-19-15/h4-5,7,9,11,17H,6,8,10,12H2,1-3H3/t17-/m0/s1.